The summed E-state index contributed by atoms with van der Waals surface area (Å²) in [7, 11) is 0. The summed E-state index contributed by atoms with van der Waals surface area (Å²) in [6, 6.07) is 2.40. The second kappa shape index (κ2) is 2.77. The molecule has 66 valence electrons. The first-order chi connectivity index (χ1) is 5.68. The fourth-order valence-corrected chi connectivity index (χ4v) is 1.90. The van der Waals surface area contributed by atoms with Crippen molar-refractivity contribution in [1.82, 2.24) is 9.78 Å². The summed E-state index contributed by atoms with van der Waals surface area (Å²) < 4.78 is 1.94. The molecule has 0 amide bonds. The van der Waals surface area contributed by atoms with Crippen molar-refractivity contribution >= 4 is 11.6 Å². The number of aryl methyl sites for hydroxylation is 1. The summed E-state index contributed by atoms with van der Waals surface area (Å²) >= 11 is 6.01. The van der Waals surface area contributed by atoms with E-state index in [1.807, 2.05) is 17.7 Å². The molecule has 0 aliphatic heterocycles. The van der Waals surface area contributed by atoms with Crippen molar-refractivity contribution in [3.8, 4) is 0 Å². The average Bonchev–Trinajstić information content (AvgIpc) is 2.77. The minimum atomic E-state index is 0.478. The summed E-state index contributed by atoms with van der Waals surface area (Å²) in [4.78, 5) is 0. The number of nitrogens with zero attached hydrogens (tertiary/aromatic N) is 2. The van der Waals surface area contributed by atoms with Crippen molar-refractivity contribution in [1.29, 1.82) is 0 Å². The van der Waals surface area contributed by atoms with E-state index in [2.05, 4.69) is 12.0 Å². The Morgan fingerprint density at radius 1 is 1.67 bits per heavy atom. The van der Waals surface area contributed by atoms with E-state index in [1.54, 1.807) is 0 Å². The molecule has 0 aromatic carbocycles. The predicted molar refractivity (Wildman–Crippen MR) is 49.4 cm³/mol. The SMILES string of the molecule is Cc1cc(Cl)n(C(C)C2CC2)n1. The molecule has 1 aliphatic rings. The number of halogens is 1. The highest BCUT2D eigenvalue weighted by Crippen LogP contribution is 2.40. The van der Waals surface area contributed by atoms with Gasteiger partial charge in [-0.05, 0) is 38.7 Å². The molecule has 1 saturated carbocycles. The molecule has 12 heavy (non-hydrogen) atoms. The molecule has 0 bridgehead atoms. The molecule has 1 fully saturated rings. The van der Waals surface area contributed by atoms with Gasteiger partial charge >= 0.3 is 0 Å². The first-order valence-corrected chi connectivity index (χ1v) is 4.78. The lowest BCUT2D eigenvalue weighted by atomic mass is 10.2. The van der Waals surface area contributed by atoms with Crippen molar-refractivity contribution in [2.24, 2.45) is 5.92 Å². The van der Waals surface area contributed by atoms with E-state index in [1.165, 1.54) is 12.8 Å². The van der Waals surface area contributed by atoms with Crippen LogP contribution in [0.2, 0.25) is 5.15 Å². The van der Waals surface area contributed by atoms with Crippen LogP contribution >= 0.6 is 11.6 Å². The lowest BCUT2D eigenvalue weighted by Gasteiger charge is -2.11. The van der Waals surface area contributed by atoms with E-state index < -0.39 is 0 Å². The summed E-state index contributed by atoms with van der Waals surface area (Å²) in [6.45, 7) is 4.16. The summed E-state index contributed by atoms with van der Waals surface area (Å²) in [5.41, 5.74) is 1.01. The van der Waals surface area contributed by atoms with Gasteiger partial charge in [0.1, 0.15) is 5.15 Å². The minimum Gasteiger partial charge on any atom is -0.251 e. The van der Waals surface area contributed by atoms with Crippen LogP contribution in [0.5, 0.6) is 0 Å². The highest BCUT2D eigenvalue weighted by Gasteiger charge is 2.30. The summed E-state index contributed by atoms with van der Waals surface area (Å²) in [5.74, 6) is 0.807. The van der Waals surface area contributed by atoms with Crippen LogP contribution in [0.4, 0.5) is 0 Å². The van der Waals surface area contributed by atoms with Gasteiger partial charge in [0.15, 0.2) is 0 Å². The van der Waals surface area contributed by atoms with E-state index in [4.69, 9.17) is 11.6 Å². The minimum absolute atomic E-state index is 0.478. The molecule has 1 aromatic heterocycles. The van der Waals surface area contributed by atoms with E-state index in [-0.39, 0.29) is 0 Å². The Hall–Kier alpha value is -0.500. The van der Waals surface area contributed by atoms with Gasteiger partial charge in [-0.2, -0.15) is 5.10 Å². The maximum absolute atomic E-state index is 6.01. The van der Waals surface area contributed by atoms with Gasteiger partial charge in [0.2, 0.25) is 0 Å². The number of hydrogen-bond acceptors (Lipinski definition) is 1. The quantitative estimate of drug-likeness (QED) is 0.691. The number of hydrogen-bond donors (Lipinski definition) is 0. The average molecular weight is 185 g/mol. The molecule has 1 heterocycles. The Balaban J connectivity index is 2.25. The Kier molecular flexibility index (Phi) is 1.87. The van der Waals surface area contributed by atoms with E-state index in [9.17, 15) is 0 Å². The van der Waals surface area contributed by atoms with Crippen LogP contribution in [0.3, 0.4) is 0 Å². The van der Waals surface area contributed by atoms with Gasteiger partial charge in [0.05, 0.1) is 11.7 Å². The van der Waals surface area contributed by atoms with Crippen LogP contribution in [0.15, 0.2) is 6.07 Å². The van der Waals surface area contributed by atoms with Crippen molar-refractivity contribution in [3.63, 3.8) is 0 Å². The lowest BCUT2D eigenvalue weighted by molar-refractivity contribution is 0.439. The maximum Gasteiger partial charge on any atom is 0.127 e. The summed E-state index contributed by atoms with van der Waals surface area (Å²) in [6.07, 6.45) is 2.66. The van der Waals surface area contributed by atoms with Gasteiger partial charge in [-0.1, -0.05) is 11.6 Å². The highest BCUT2D eigenvalue weighted by molar-refractivity contribution is 6.29. The van der Waals surface area contributed by atoms with E-state index >= 15 is 0 Å². The van der Waals surface area contributed by atoms with Gasteiger partial charge in [0, 0.05) is 0 Å². The number of rotatable bonds is 2. The molecule has 2 rings (SSSR count). The maximum atomic E-state index is 6.01. The van der Waals surface area contributed by atoms with Crippen LogP contribution in [0.1, 0.15) is 31.5 Å². The van der Waals surface area contributed by atoms with Gasteiger partial charge in [-0.25, -0.2) is 0 Å². The lowest BCUT2D eigenvalue weighted by Crippen LogP contribution is -2.08. The van der Waals surface area contributed by atoms with Crippen molar-refractivity contribution in [2.75, 3.05) is 0 Å². The summed E-state index contributed by atoms with van der Waals surface area (Å²) in [5, 5.41) is 5.13. The van der Waals surface area contributed by atoms with Gasteiger partial charge in [-0.3, -0.25) is 4.68 Å². The normalized spacial score (nSPS) is 19.6. The zero-order valence-corrected chi connectivity index (χ0v) is 8.17. The smallest absolute Gasteiger partial charge is 0.127 e. The molecule has 0 saturated heterocycles. The third kappa shape index (κ3) is 1.36. The van der Waals surface area contributed by atoms with E-state index in [0.29, 0.717) is 6.04 Å². The van der Waals surface area contributed by atoms with Gasteiger partial charge in [0.25, 0.3) is 0 Å². The van der Waals surface area contributed by atoms with Crippen LogP contribution in [0, 0.1) is 12.8 Å². The van der Waals surface area contributed by atoms with E-state index in [0.717, 1.165) is 16.8 Å². The van der Waals surface area contributed by atoms with Crippen molar-refractivity contribution in [2.45, 2.75) is 32.7 Å². The topological polar surface area (TPSA) is 17.8 Å². The van der Waals surface area contributed by atoms with Crippen LogP contribution < -0.4 is 0 Å². The molecule has 1 atom stereocenters. The fourth-order valence-electron chi connectivity index (χ4n) is 1.55. The Bertz CT molecular complexity index is 289. The highest BCUT2D eigenvalue weighted by atomic mass is 35.5. The molecule has 2 nitrogen and oxygen atoms in total. The molecule has 1 aromatic rings. The molecule has 1 aliphatic carbocycles. The number of aromatic nitrogens is 2. The van der Waals surface area contributed by atoms with Crippen LogP contribution in [0.25, 0.3) is 0 Å². The molecule has 3 heteroatoms. The second-order valence-corrected chi connectivity index (χ2v) is 4.02. The molecular formula is C9H13ClN2. The van der Waals surface area contributed by atoms with Crippen molar-refractivity contribution < 1.29 is 0 Å². The van der Waals surface area contributed by atoms with Crippen molar-refractivity contribution in [3.05, 3.63) is 16.9 Å². The zero-order valence-electron chi connectivity index (χ0n) is 7.42. The van der Waals surface area contributed by atoms with Gasteiger partial charge < -0.3 is 0 Å². The fraction of sp³-hybridized carbons (Fsp3) is 0.667. The van der Waals surface area contributed by atoms with Crippen LogP contribution in [-0.4, -0.2) is 9.78 Å². The Labute approximate surface area is 77.5 Å². The third-order valence-electron chi connectivity index (χ3n) is 2.50. The third-order valence-corrected chi connectivity index (χ3v) is 2.78. The monoisotopic (exact) mass is 184 g/mol. The Morgan fingerprint density at radius 2 is 2.33 bits per heavy atom. The molecule has 0 radical (unpaired) electrons. The van der Waals surface area contributed by atoms with Crippen LogP contribution in [-0.2, 0) is 0 Å². The zero-order chi connectivity index (χ0) is 8.72. The molecule has 1 unspecified atom stereocenters. The standard InChI is InChI=1S/C9H13ClN2/c1-6-5-9(10)12(11-6)7(2)8-3-4-8/h5,7-8H,3-4H2,1-2H3. The largest absolute Gasteiger partial charge is 0.251 e. The molecular weight excluding hydrogens is 172 g/mol. The first kappa shape index (κ1) is 8.11. The molecule has 0 spiro atoms. The molecule has 0 N–H and O–H groups in total. The predicted octanol–water partition coefficient (Wildman–Crippen LogP) is 2.82. The second-order valence-electron chi connectivity index (χ2n) is 3.63. The Morgan fingerprint density at radius 3 is 2.75 bits per heavy atom. The first-order valence-electron chi connectivity index (χ1n) is 4.40. The van der Waals surface area contributed by atoms with Gasteiger partial charge in [-0.15, -0.1) is 0 Å².